The van der Waals surface area contributed by atoms with E-state index in [1.807, 2.05) is 0 Å². The third kappa shape index (κ3) is 4.75. The highest BCUT2D eigenvalue weighted by Crippen LogP contribution is 2.28. The van der Waals surface area contributed by atoms with E-state index < -0.39 is 22.8 Å². The molecule has 0 spiro atoms. The number of nitrogens with one attached hydrogen (secondary N) is 2. The van der Waals surface area contributed by atoms with Crippen LogP contribution in [-0.2, 0) is 9.53 Å². The minimum atomic E-state index is -0.923. The van der Waals surface area contributed by atoms with Crippen molar-refractivity contribution in [2.24, 2.45) is 0 Å². The van der Waals surface area contributed by atoms with Crippen molar-refractivity contribution in [2.45, 2.75) is 32.4 Å². The molecule has 9 heteroatoms. The fraction of sp³-hybridized carbons (Fsp3) is 0.250. The summed E-state index contributed by atoms with van der Waals surface area (Å²) in [5, 5.41) is 21.7. The fourth-order valence-corrected chi connectivity index (χ4v) is 2.98. The maximum atomic E-state index is 12.8. The van der Waals surface area contributed by atoms with Crippen molar-refractivity contribution in [3.8, 4) is 0 Å². The smallest absolute Gasteiger partial charge is 0.308 e. The van der Waals surface area contributed by atoms with E-state index in [1.54, 1.807) is 44.3 Å². The number of benzene rings is 2. The van der Waals surface area contributed by atoms with Crippen LogP contribution in [0.15, 0.2) is 48.7 Å². The summed E-state index contributed by atoms with van der Waals surface area (Å²) in [6, 6.07) is 10.1. The Balaban J connectivity index is 1.91. The summed E-state index contributed by atoms with van der Waals surface area (Å²) in [5.74, 6) is -1.03. The molecule has 2 aromatic carbocycles. The lowest BCUT2D eigenvalue weighted by molar-refractivity contribution is -0.385. The molecule has 3 aromatic rings. The summed E-state index contributed by atoms with van der Waals surface area (Å²) in [5.41, 5.74) is 1.06. The third-order valence-corrected chi connectivity index (χ3v) is 4.26. The molecule has 0 aliphatic carbocycles. The van der Waals surface area contributed by atoms with Gasteiger partial charge in [0, 0.05) is 17.0 Å². The number of aromatic amines is 1. The molecule has 1 aromatic heterocycles. The molecule has 0 saturated heterocycles. The van der Waals surface area contributed by atoms with Crippen LogP contribution in [0.5, 0.6) is 0 Å². The van der Waals surface area contributed by atoms with Gasteiger partial charge in [0.05, 0.1) is 40.8 Å². The first-order valence-corrected chi connectivity index (χ1v) is 9.02. The summed E-state index contributed by atoms with van der Waals surface area (Å²) in [7, 11) is 0. The fourth-order valence-electron chi connectivity index (χ4n) is 2.98. The topological polar surface area (TPSA) is 127 Å². The number of aromatic nitrogens is 2. The zero-order valence-electron chi connectivity index (χ0n) is 15.9. The van der Waals surface area contributed by atoms with Crippen molar-refractivity contribution in [3.05, 3.63) is 69.9 Å². The Bertz CT molecular complexity index is 1060. The second-order valence-electron chi connectivity index (χ2n) is 6.76. The Kier molecular flexibility index (Phi) is 5.87. The average molecular weight is 396 g/mol. The molecule has 1 atom stereocenters. The van der Waals surface area contributed by atoms with Crippen LogP contribution >= 0.6 is 0 Å². The Morgan fingerprint density at radius 3 is 2.72 bits per heavy atom. The number of carbonyl (C=O) groups excluding carboxylic acids is 2. The Morgan fingerprint density at radius 1 is 1.24 bits per heavy atom. The van der Waals surface area contributed by atoms with E-state index in [9.17, 15) is 19.7 Å². The van der Waals surface area contributed by atoms with Crippen molar-refractivity contribution >= 4 is 28.5 Å². The number of fused-ring (bicyclic) bond motifs is 1. The molecule has 3 rings (SSSR count). The van der Waals surface area contributed by atoms with E-state index in [-0.39, 0.29) is 23.8 Å². The van der Waals surface area contributed by atoms with E-state index in [0.717, 1.165) is 5.39 Å². The van der Waals surface area contributed by atoms with E-state index in [1.165, 1.54) is 18.2 Å². The van der Waals surface area contributed by atoms with Gasteiger partial charge in [0.2, 0.25) is 0 Å². The standard InChI is InChI=1S/C20H20N4O5/c1-12(2)29-19(25)10-17(15-5-3-4-6-18(15)24(27)28)22-20(26)13-7-8-14-11-21-23-16(14)9-13/h3-9,11-12,17H,10H2,1-2H3,(H,21,23)(H,22,26)/t17-/m1/s1. The molecule has 0 aliphatic rings. The largest absolute Gasteiger partial charge is 0.463 e. The minimum absolute atomic E-state index is 0.181. The number of nitrogens with zero attached hydrogens (tertiary/aromatic N) is 2. The van der Waals surface area contributed by atoms with Gasteiger partial charge in [-0.15, -0.1) is 0 Å². The summed E-state index contributed by atoms with van der Waals surface area (Å²) < 4.78 is 5.16. The minimum Gasteiger partial charge on any atom is -0.463 e. The summed E-state index contributed by atoms with van der Waals surface area (Å²) >= 11 is 0. The molecule has 0 bridgehead atoms. The van der Waals surface area contributed by atoms with Gasteiger partial charge in [-0.1, -0.05) is 24.3 Å². The molecule has 0 saturated carbocycles. The molecule has 1 heterocycles. The van der Waals surface area contributed by atoms with Crippen molar-refractivity contribution in [3.63, 3.8) is 0 Å². The van der Waals surface area contributed by atoms with Crippen LogP contribution in [0.1, 0.15) is 42.2 Å². The first-order valence-electron chi connectivity index (χ1n) is 9.02. The van der Waals surface area contributed by atoms with Crippen LogP contribution in [0.3, 0.4) is 0 Å². The van der Waals surface area contributed by atoms with Crippen LogP contribution in [-0.4, -0.2) is 33.1 Å². The number of ether oxygens (including phenoxy) is 1. The highest BCUT2D eigenvalue weighted by molar-refractivity contribution is 5.98. The highest BCUT2D eigenvalue weighted by atomic mass is 16.6. The number of nitro benzene ring substituents is 1. The highest BCUT2D eigenvalue weighted by Gasteiger charge is 2.27. The second-order valence-corrected chi connectivity index (χ2v) is 6.76. The number of nitro groups is 1. The lowest BCUT2D eigenvalue weighted by atomic mass is 10.0. The van der Waals surface area contributed by atoms with Gasteiger partial charge in [0.15, 0.2) is 0 Å². The van der Waals surface area contributed by atoms with Crippen LogP contribution in [0, 0.1) is 10.1 Å². The second kappa shape index (κ2) is 8.51. The Morgan fingerprint density at radius 2 is 2.00 bits per heavy atom. The molecule has 29 heavy (non-hydrogen) atoms. The SMILES string of the molecule is CC(C)OC(=O)C[C@@H](NC(=O)c1ccc2cn[nH]c2c1)c1ccccc1[N+](=O)[O-]. The molecule has 0 unspecified atom stereocenters. The van der Waals surface area contributed by atoms with Gasteiger partial charge in [0.25, 0.3) is 11.6 Å². The average Bonchev–Trinajstić information content (AvgIpc) is 3.14. The zero-order valence-corrected chi connectivity index (χ0v) is 15.9. The van der Waals surface area contributed by atoms with Crippen molar-refractivity contribution < 1.29 is 19.2 Å². The molecule has 1 amide bonds. The van der Waals surface area contributed by atoms with E-state index in [2.05, 4.69) is 15.5 Å². The summed E-state index contributed by atoms with van der Waals surface area (Å²) in [4.78, 5) is 35.9. The van der Waals surface area contributed by atoms with Crippen molar-refractivity contribution in [2.75, 3.05) is 0 Å². The number of carbonyl (C=O) groups is 2. The number of rotatable bonds is 7. The Labute approximate surface area is 166 Å². The molecule has 0 fully saturated rings. The van der Waals surface area contributed by atoms with Gasteiger partial charge < -0.3 is 10.1 Å². The number of hydrogen-bond donors (Lipinski definition) is 2. The van der Waals surface area contributed by atoms with E-state index >= 15 is 0 Å². The number of hydrogen-bond acceptors (Lipinski definition) is 6. The van der Waals surface area contributed by atoms with Gasteiger partial charge in [-0.3, -0.25) is 24.8 Å². The van der Waals surface area contributed by atoms with Crippen molar-refractivity contribution in [1.29, 1.82) is 0 Å². The number of H-pyrrole nitrogens is 1. The molecular weight excluding hydrogens is 376 g/mol. The van der Waals surface area contributed by atoms with Crippen LogP contribution in [0.2, 0.25) is 0 Å². The maximum Gasteiger partial charge on any atom is 0.308 e. The van der Waals surface area contributed by atoms with E-state index in [0.29, 0.717) is 11.1 Å². The molecule has 150 valence electrons. The maximum absolute atomic E-state index is 12.8. The monoisotopic (exact) mass is 396 g/mol. The van der Waals surface area contributed by atoms with Gasteiger partial charge in [-0.2, -0.15) is 5.10 Å². The molecular formula is C20H20N4O5. The van der Waals surface area contributed by atoms with Gasteiger partial charge in [0.1, 0.15) is 0 Å². The van der Waals surface area contributed by atoms with Gasteiger partial charge in [-0.05, 0) is 26.0 Å². The molecule has 0 aliphatic heterocycles. The van der Waals surface area contributed by atoms with Crippen LogP contribution in [0.4, 0.5) is 5.69 Å². The lowest BCUT2D eigenvalue weighted by Crippen LogP contribution is -2.31. The van der Waals surface area contributed by atoms with Crippen LogP contribution in [0.25, 0.3) is 10.9 Å². The molecule has 2 N–H and O–H groups in total. The predicted octanol–water partition coefficient (Wildman–Crippen LogP) is 3.28. The first kappa shape index (κ1) is 20.0. The summed E-state index contributed by atoms with van der Waals surface area (Å²) in [6.07, 6.45) is 1.06. The van der Waals surface area contributed by atoms with Crippen LogP contribution < -0.4 is 5.32 Å². The first-order chi connectivity index (χ1) is 13.8. The predicted molar refractivity (Wildman–Crippen MR) is 105 cm³/mol. The van der Waals surface area contributed by atoms with Crippen molar-refractivity contribution in [1.82, 2.24) is 15.5 Å². The summed E-state index contributed by atoms with van der Waals surface area (Å²) in [6.45, 7) is 3.41. The molecule has 9 nitrogen and oxygen atoms in total. The molecule has 0 radical (unpaired) electrons. The normalized spacial score (nSPS) is 12.0. The number of esters is 1. The number of para-hydroxylation sites is 1. The zero-order chi connectivity index (χ0) is 21.0. The third-order valence-electron chi connectivity index (χ3n) is 4.26. The van der Waals surface area contributed by atoms with Gasteiger partial charge in [-0.25, -0.2) is 0 Å². The number of amides is 1. The Hall–Kier alpha value is -3.75. The lowest BCUT2D eigenvalue weighted by Gasteiger charge is -2.19. The van der Waals surface area contributed by atoms with E-state index in [4.69, 9.17) is 4.74 Å². The van der Waals surface area contributed by atoms with Gasteiger partial charge >= 0.3 is 5.97 Å². The quantitative estimate of drug-likeness (QED) is 0.358.